The number of aromatic nitrogens is 5. The summed E-state index contributed by atoms with van der Waals surface area (Å²) in [6.07, 6.45) is 3.33. The van der Waals surface area contributed by atoms with Gasteiger partial charge < -0.3 is 10.0 Å². The molecule has 1 atom stereocenters. The molecule has 1 saturated heterocycles. The lowest BCUT2D eigenvalue weighted by Gasteiger charge is -2.37. The summed E-state index contributed by atoms with van der Waals surface area (Å²) in [5.41, 5.74) is 0.601. The van der Waals surface area contributed by atoms with Gasteiger partial charge in [0, 0.05) is 26.2 Å². The van der Waals surface area contributed by atoms with E-state index in [1.807, 2.05) is 4.90 Å². The number of nitrogens with zero attached hydrogens (tertiary/aromatic N) is 7. The first-order valence-electron chi connectivity index (χ1n) is 6.41. The van der Waals surface area contributed by atoms with Gasteiger partial charge in [0.1, 0.15) is 6.04 Å². The highest BCUT2D eigenvalue weighted by Gasteiger charge is 2.26. The van der Waals surface area contributed by atoms with Crippen molar-refractivity contribution in [1.29, 1.82) is 0 Å². The SMILES string of the molecule is CC(C(=O)O)N1CCN(c2cncc3nnnn23)CC1. The van der Waals surface area contributed by atoms with Crippen molar-refractivity contribution in [2.24, 2.45) is 0 Å². The van der Waals surface area contributed by atoms with Crippen LogP contribution in [0.1, 0.15) is 6.92 Å². The van der Waals surface area contributed by atoms with Crippen LogP contribution < -0.4 is 4.90 Å². The van der Waals surface area contributed by atoms with Gasteiger partial charge in [-0.05, 0) is 17.4 Å². The highest BCUT2D eigenvalue weighted by Crippen LogP contribution is 2.16. The van der Waals surface area contributed by atoms with Gasteiger partial charge in [-0.2, -0.15) is 4.52 Å². The lowest BCUT2D eigenvalue weighted by Crippen LogP contribution is -2.52. The Bertz CT molecular complexity index is 620. The molecule has 1 fully saturated rings. The minimum Gasteiger partial charge on any atom is -0.480 e. The smallest absolute Gasteiger partial charge is 0.320 e. The molecular weight excluding hydrogens is 262 g/mol. The van der Waals surface area contributed by atoms with Crippen molar-refractivity contribution in [3.63, 3.8) is 0 Å². The highest BCUT2D eigenvalue weighted by atomic mass is 16.4. The van der Waals surface area contributed by atoms with E-state index >= 15 is 0 Å². The van der Waals surface area contributed by atoms with E-state index in [0.29, 0.717) is 18.7 Å². The Morgan fingerprint density at radius 3 is 2.75 bits per heavy atom. The summed E-state index contributed by atoms with van der Waals surface area (Å²) in [6.45, 7) is 4.52. The molecule has 20 heavy (non-hydrogen) atoms. The van der Waals surface area contributed by atoms with Crippen LogP contribution >= 0.6 is 0 Å². The molecule has 9 heteroatoms. The van der Waals surface area contributed by atoms with Crippen LogP contribution in [0, 0.1) is 0 Å². The van der Waals surface area contributed by atoms with Crippen LogP contribution in [0.25, 0.3) is 5.65 Å². The van der Waals surface area contributed by atoms with Crippen molar-refractivity contribution in [3.05, 3.63) is 12.4 Å². The number of tetrazole rings is 1. The molecule has 0 radical (unpaired) electrons. The van der Waals surface area contributed by atoms with Gasteiger partial charge in [-0.1, -0.05) is 0 Å². The summed E-state index contributed by atoms with van der Waals surface area (Å²) in [5, 5.41) is 20.5. The second-order valence-corrected chi connectivity index (χ2v) is 4.75. The number of rotatable bonds is 3. The molecule has 0 bridgehead atoms. The zero-order chi connectivity index (χ0) is 14.1. The number of hydrogen-bond donors (Lipinski definition) is 1. The van der Waals surface area contributed by atoms with E-state index < -0.39 is 12.0 Å². The predicted molar refractivity (Wildman–Crippen MR) is 69.5 cm³/mol. The van der Waals surface area contributed by atoms with E-state index in [9.17, 15) is 4.79 Å². The molecule has 3 heterocycles. The molecule has 2 aromatic rings. The number of carboxylic acid groups (broad SMARTS) is 1. The molecule has 106 valence electrons. The van der Waals surface area contributed by atoms with Crippen LogP contribution in [-0.2, 0) is 4.79 Å². The Morgan fingerprint density at radius 2 is 2.05 bits per heavy atom. The van der Waals surface area contributed by atoms with Crippen molar-refractivity contribution < 1.29 is 9.90 Å². The maximum atomic E-state index is 11.0. The number of piperazine rings is 1. The molecule has 9 nitrogen and oxygen atoms in total. The van der Waals surface area contributed by atoms with Crippen LogP contribution in [-0.4, -0.2) is 73.2 Å². The van der Waals surface area contributed by atoms with Crippen LogP contribution in [0.3, 0.4) is 0 Å². The van der Waals surface area contributed by atoms with Gasteiger partial charge in [-0.15, -0.1) is 5.10 Å². The van der Waals surface area contributed by atoms with Gasteiger partial charge in [-0.3, -0.25) is 14.7 Å². The third-order valence-electron chi connectivity index (χ3n) is 3.63. The van der Waals surface area contributed by atoms with E-state index in [4.69, 9.17) is 5.11 Å². The summed E-state index contributed by atoms with van der Waals surface area (Å²) >= 11 is 0. The Labute approximate surface area is 114 Å². The number of carboxylic acids is 1. The summed E-state index contributed by atoms with van der Waals surface area (Å²) in [6, 6.07) is -0.459. The lowest BCUT2D eigenvalue weighted by atomic mass is 10.2. The van der Waals surface area contributed by atoms with Crippen molar-refractivity contribution >= 4 is 17.4 Å². The van der Waals surface area contributed by atoms with Crippen molar-refractivity contribution in [2.75, 3.05) is 31.1 Å². The van der Waals surface area contributed by atoms with E-state index in [2.05, 4.69) is 25.4 Å². The van der Waals surface area contributed by atoms with Crippen LogP contribution in [0.5, 0.6) is 0 Å². The quantitative estimate of drug-likeness (QED) is 0.771. The standard InChI is InChI=1S/C11H15N7O2/c1-8(11(19)20)16-2-4-17(5-3-16)10-7-12-6-9-13-14-15-18(9)10/h6-8H,2-5H2,1H3,(H,19,20). The number of aliphatic carboxylic acids is 1. The zero-order valence-corrected chi connectivity index (χ0v) is 11.0. The lowest BCUT2D eigenvalue weighted by molar-refractivity contribution is -0.142. The zero-order valence-electron chi connectivity index (χ0n) is 11.0. The first-order valence-corrected chi connectivity index (χ1v) is 6.41. The van der Waals surface area contributed by atoms with Crippen molar-refractivity contribution in [1.82, 2.24) is 29.9 Å². The molecule has 1 aliphatic heterocycles. The largest absolute Gasteiger partial charge is 0.480 e. The van der Waals surface area contributed by atoms with Crippen LogP contribution in [0.2, 0.25) is 0 Å². The molecule has 1 aliphatic rings. The van der Waals surface area contributed by atoms with Gasteiger partial charge in [0.05, 0.1) is 12.4 Å². The second-order valence-electron chi connectivity index (χ2n) is 4.75. The minimum atomic E-state index is -0.789. The number of carbonyl (C=O) groups is 1. The normalized spacial score (nSPS) is 18.4. The monoisotopic (exact) mass is 277 g/mol. The van der Waals surface area contributed by atoms with Crippen molar-refractivity contribution in [2.45, 2.75) is 13.0 Å². The molecule has 0 aliphatic carbocycles. The van der Waals surface area contributed by atoms with Crippen LogP contribution in [0.4, 0.5) is 5.82 Å². The van der Waals surface area contributed by atoms with Gasteiger partial charge in [0.25, 0.3) is 0 Å². The summed E-state index contributed by atoms with van der Waals surface area (Å²) in [4.78, 5) is 19.2. The summed E-state index contributed by atoms with van der Waals surface area (Å²) in [5.74, 6) is 0.0397. The Balaban J connectivity index is 1.75. The number of hydrogen-bond acceptors (Lipinski definition) is 7. The van der Waals surface area contributed by atoms with E-state index in [1.165, 1.54) is 0 Å². The Morgan fingerprint density at radius 1 is 1.30 bits per heavy atom. The third-order valence-corrected chi connectivity index (χ3v) is 3.63. The molecule has 0 saturated carbocycles. The maximum absolute atomic E-state index is 11.0. The third kappa shape index (κ3) is 2.16. The van der Waals surface area contributed by atoms with E-state index in [-0.39, 0.29) is 0 Å². The molecule has 0 aromatic carbocycles. The van der Waals surface area contributed by atoms with Gasteiger partial charge in [-0.25, -0.2) is 0 Å². The fourth-order valence-corrected chi connectivity index (χ4v) is 2.37. The summed E-state index contributed by atoms with van der Waals surface area (Å²) < 4.78 is 1.64. The summed E-state index contributed by atoms with van der Waals surface area (Å²) in [7, 11) is 0. The fraction of sp³-hybridized carbons (Fsp3) is 0.545. The van der Waals surface area contributed by atoms with Gasteiger partial charge in [0.2, 0.25) is 0 Å². The van der Waals surface area contributed by atoms with E-state index in [1.54, 1.807) is 23.8 Å². The molecule has 1 N–H and O–H groups in total. The number of anilines is 1. The average Bonchev–Trinajstić information content (AvgIpc) is 2.95. The Hall–Kier alpha value is -2.29. The second kappa shape index (κ2) is 5.00. The van der Waals surface area contributed by atoms with Gasteiger partial charge >= 0.3 is 5.97 Å². The fourth-order valence-electron chi connectivity index (χ4n) is 2.37. The maximum Gasteiger partial charge on any atom is 0.320 e. The molecule has 0 amide bonds. The first kappa shape index (κ1) is 12.7. The average molecular weight is 277 g/mol. The van der Waals surface area contributed by atoms with E-state index in [0.717, 1.165) is 18.9 Å². The molecular formula is C11H15N7O2. The molecule has 0 spiro atoms. The molecule has 3 rings (SSSR count). The van der Waals surface area contributed by atoms with Gasteiger partial charge in [0.15, 0.2) is 11.5 Å². The topological polar surface area (TPSA) is 99.8 Å². The minimum absolute atomic E-state index is 0.459. The predicted octanol–water partition coefficient (Wildman–Crippen LogP) is -0.886. The first-order chi connectivity index (χ1) is 9.66. The molecule has 1 unspecified atom stereocenters. The molecule has 2 aromatic heterocycles. The van der Waals surface area contributed by atoms with Crippen LogP contribution in [0.15, 0.2) is 12.4 Å². The Kier molecular flexibility index (Phi) is 3.18. The van der Waals surface area contributed by atoms with Crippen molar-refractivity contribution in [3.8, 4) is 0 Å². The highest BCUT2D eigenvalue weighted by molar-refractivity contribution is 5.72. The number of fused-ring (bicyclic) bond motifs is 1.